The normalized spacial score (nSPS) is 43.7. The molecule has 2 bridgehead atoms. The zero-order chi connectivity index (χ0) is 17.0. The minimum Gasteiger partial charge on any atom is -0.506 e. The van der Waals surface area contributed by atoms with Crippen molar-refractivity contribution >= 4 is 11.6 Å². The molecule has 7 rings (SSSR count). The Hall–Kier alpha value is -1.55. The quantitative estimate of drug-likeness (QED) is 0.790. The average Bonchev–Trinajstić information content (AvgIpc) is 3.13. The Balaban J connectivity index is 1.70. The lowest BCUT2D eigenvalue weighted by Gasteiger charge is -2.68. The molecule has 1 N–H and O–H groups in total. The third kappa shape index (κ3) is 1.32. The van der Waals surface area contributed by atoms with Gasteiger partial charge in [0.25, 0.3) is 0 Å². The van der Waals surface area contributed by atoms with Gasteiger partial charge >= 0.3 is 0 Å². The van der Waals surface area contributed by atoms with Crippen LogP contribution in [0.3, 0.4) is 0 Å². The van der Waals surface area contributed by atoms with Gasteiger partial charge in [0.05, 0.1) is 11.2 Å². The van der Waals surface area contributed by atoms with E-state index in [9.17, 15) is 9.90 Å². The molecule has 132 valence electrons. The Morgan fingerprint density at radius 2 is 1.92 bits per heavy atom. The Labute approximate surface area is 148 Å². The van der Waals surface area contributed by atoms with Crippen LogP contribution >= 0.6 is 0 Å². The molecule has 1 aromatic carbocycles. The van der Waals surface area contributed by atoms with Gasteiger partial charge in [-0.3, -0.25) is 9.69 Å². The number of anilines is 1. The van der Waals surface area contributed by atoms with Crippen LogP contribution in [0.5, 0.6) is 5.75 Å². The molecule has 3 saturated carbocycles. The van der Waals surface area contributed by atoms with Gasteiger partial charge in [-0.25, -0.2) is 0 Å². The lowest BCUT2D eigenvalue weighted by Crippen LogP contribution is -2.75. The first kappa shape index (κ1) is 14.6. The molecule has 3 aliphatic carbocycles. The smallest absolute Gasteiger partial charge is 0.224 e. The highest BCUT2D eigenvalue weighted by molar-refractivity contribution is 5.99. The van der Waals surface area contributed by atoms with Crippen molar-refractivity contribution in [3.05, 3.63) is 23.8 Å². The van der Waals surface area contributed by atoms with E-state index in [-0.39, 0.29) is 22.6 Å². The molecule has 2 atom stereocenters. The monoisotopic (exact) mass is 338 g/mol. The molecule has 2 unspecified atom stereocenters. The maximum absolute atomic E-state index is 12.8. The van der Waals surface area contributed by atoms with Crippen LogP contribution in [0.2, 0.25) is 0 Å². The minimum atomic E-state index is -0.113. The summed E-state index contributed by atoms with van der Waals surface area (Å²) in [6.07, 6.45) is 8.50. The molecule has 4 nitrogen and oxygen atoms in total. The van der Waals surface area contributed by atoms with Gasteiger partial charge in [-0.2, -0.15) is 0 Å². The molecule has 2 saturated heterocycles. The molecule has 0 radical (unpaired) electrons. The summed E-state index contributed by atoms with van der Waals surface area (Å²) in [7, 11) is 0. The van der Waals surface area contributed by atoms with Gasteiger partial charge in [0.2, 0.25) is 5.91 Å². The number of fused-ring (bicyclic) bond motifs is 3. The average molecular weight is 338 g/mol. The summed E-state index contributed by atoms with van der Waals surface area (Å²) in [5.41, 5.74) is 2.45. The molecule has 5 fully saturated rings. The van der Waals surface area contributed by atoms with E-state index in [1.807, 2.05) is 11.0 Å². The third-order valence-corrected chi connectivity index (χ3v) is 8.69. The number of para-hydroxylation sites is 1. The summed E-state index contributed by atoms with van der Waals surface area (Å²) >= 11 is 0. The Morgan fingerprint density at radius 3 is 2.68 bits per heavy atom. The summed E-state index contributed by atoms with van der Waals surface area (Å²) in [6.45, 7) is 4.04. The topological polar surface area (TPSA) is 43.8 Å². The second-order valence-electron chi connectivity index (χ2n) is 9.19. The van der Waals surface area contributed by atoms with E-state index in [2.05, 4.69) is 11.0 Å². The van der Waals surface area contributed by atoms with E-state index in [1.54, 1.807) is 13.0 Å². The fourth-order valence-corrected chi connectivity index (χ4v) is 8.19. The first-order valence-corrected chi connectivity index (χ1v) is 9.93. The van der Waals surface area contributed by atoms with Gasteiger partial charge in [0, 0.05) is 18.4 Å². The summed E-state index contributed by atoms with van der Waals surface area (Å²) in [5.74, 6) is 0.390. The number of phenols is 1. The molecule has 3 aliphatic heterocycles. The second-order valence-corrected chi connectivity index (χ2v) is 9.19. The first-order valence-electron chi connectivity index (χ1n) is 9.93. The predicted octanol–water partition coefficient (Wildman–Crippen LogP) is 3.18. The van der Waals surface area contributed by atoms with E-state index >= 15 is 0 Å². The van der Waals surface area contributed by atoms with Crippen molar-refractivity contribution in [3.63, 3.8) is 0 Å². The lowest BCUT2D eigenvalue weighted by molar-refractivity contribution is -0.128. The highest BCUT2D eigenvalue weighted by Gasteiger charge is 2.77. The van der Waals surface area contributed by atoms with Crippen molar-refractivity contribution in [1.29, 1.82) is 0 Å². The highest BCUT2D eigenvalue weighted by Crippen LogP contribution is 2.75. The number of benzene rings is 1. The molecule has 0 aromatic heterocycles. The maximum atomic E-state index is 12.8. The van der Waals surface area contributed by atoms with Crippen LogP contribution in [0, 0.1) is 5.41 Å². The van der Waals surface area contributed by atoms with Crippen LogP contribution in [0.4, 0.5) is 5.69 Å². The van der Waals surface area contributed by atoms with Crippen LogP contribution in [-0.4, -0.2) is 40.6 Å². The molecule has 1 amide bonds. The standard InChI is InChI=1S/C21H26N2O2/c1-14(24)23-17-15(4-2-5-16(17)25)21-11-13-22-12-3-6-19(18(21)22)7-9-20(21,23)10-8-19/h2,4-5,18,25H,3,6-13H2,1H3. The number of carbonyl (C=O) groups is 1. The fraction of sp³-hybridized carbons (Fsp3) is 0.667. The van der Waals surface area contributed by atoms with Crippen molar-refractivity contribution in [1.82, 2.24) is 4.90 Å². The van der Waals surface area contributed by atoms with E-state index in [0.717, 1.165) is 31.5 Å². The summed E-state index contributed by atoms with van der Waals surface area (Å²) in [6, 6.07) is 6.52. The molecule has 4 heteroatoms. The molecular formula is C21H26N2O2. The number of hydrogen-bond donors (Lipinski definition) is 1. The van der Waals surface area contributed by atoms with Gasteiger partial charge in [-0.1, -0.05) is 12.1 Å². The van der Waals surface area contributed by atoms with Crippen molar-refractivity contribution in [2.75, 3.05) is 18.0 Å². The minimum absolute atomic E-state index is 0.0314. The molecule has 6 aliphatic rings. The van der Waals surface area contributed by atoms with Crippen molar-refractivity contribution < 1.29 is 9.90 Å². The largest absolute Gasteiger partial charge is 0.506 e. The second kappa shape index (κ2) is 4.22. The van der Waals surface area contributed by atoms with Crippen LogP contribution in [0.15, 0.2) is 18.2 Å². The van der Waals surface area contributed by atoms with Crippen LogP contribution in [-0.2, 0) is 10.2 Å². The molecular weight excluding hydrogens is 312 g/mol. The molecule has 1 aromatic rings. The van der Waals surface area contributed by atoms with Gasteiger partial charge in [0.1, 0.15) is 5.75 Å². The Morgan fingerprint density at radius 1 is 1.12 bits per heavy atom. The molecule has 25 heavy (non-hydrogen) atoms. The fourth-order valence-electron chi connectivity index (χ4n) is 8.19. The zero-order valence-electron chi connectivity index (χ0n) is 14.9. The van der Waals surface area contributed by atoms with E-state index in [0.29, 0.717) is 11.5 Å². The van der Waals surface area contributed by atoms with Gasteiger partial charge < -0.3 is 10.0 Å². The number of piperidine rings is 1. The number of carbonyl (C=O) groups excluding carboxylic acids is 1. The summed E-state index contributed by atoms with van der Waals surface area (Å²) < 4.78 is 0. The van der Waals surface area contributed by atoms with Gasteiger partial charge in [-0.15, -0.1) is 0 Å². The van der Waals surface area contributed by atoms with Gasteiger partial charge in [-0.05, 0) is 75.1 Å². The van der Waals surface area contributed by atoms with Crippen LogP contribution < -0.4 is 4.90 Å². The van der Waals surface area contributed by atoms with Crippen molar-refractivity contribution in [3.8, 4) is 5.75 Å². The number of hydrogen-bond acceptors (Lipinski definition) is 3. The van der Waals surface area contributed by atoms with E-state index < -0.39 is 0 Å². The van der Waals surface area contributed by atoms with Crippen molar-refractivity contribution in [2.45, 2.75) is 68.9 Å². The lowest BCUT2D eigenvalue weighted by atomic mass is 9.41. The van der Waals surface area contributed by atoms with E-state index in [4.69, 9.17) is 0 Å². The summed E-state index contributed by atoms with van der Waals surface area (Å²) in [4.78, 5) is 17.6. The SMILES string of the molecule is CC(=O)N1c2c(O)cccc2C23CCN4CCCC5(CCC12CC5)C43. The maximum Gasteiger partial charge on any atom is 0.224 e. The van der Waals surface area contributed by atoms with Crippen LogP contribution in [0.1, 0.15) is 57.4 Å². The summed E-state index contributed by atoms with van der Waals surface area (Å²) in [5, 5.41) is 10.7. The Kier molecular flexibility index (Phi) is 2.47. The zero-order valence-corrected chi connectivity index (χ0v) is 14.9. The third-order valence-electron chi connectivity index (χ3n) is 8.69. The first-order chi connectivity index (χ1) is 12.1. The van der Waals surface area contributed by atoms with E-state index in [1.165, 1.54) is 37.8 Å². The Bertz CT molecular complexity index is 795. The number of rotatable bonds is 0. The number of amides is 1. The number of aromatic hydroxyl groups is 1. The van der Waals surface area contributed by atoms with Crippen LogP contribution in [0.25, 0.3) is 0 Å². The van der Waals surface area contributed by atoms with Gasteiger partial charge in [0.15, 0.2) is 0 Å². The molecule has 3 spiro atoms. The molecule has 3 heterocycles. The highest BCUT2D eigenvalue weighted by atomic mass is 16.3. The number of nitrogens with zero attached hydrogens (tertiary/aromatic N) is 2. The predicted molar refractivity (Wildman–Crippen MR) is 95.8 cm³/mol. The number of phenolic OH excluding ortho intramolecular Hbond substituents is 1. The van der Waals surface area contributed by atoms with Crippen molar-refractivity contribution in [2.24, 2.45) is 5.41 Å².